The fourth-order valence-corrected chi connectivity index (χ4v) is 4.25. The number of hydrogen-bond donors (Lipinski definition) is 1. The van der Waals surface area contributed by atoms with Gasteiger partial charge in [0.15, 0.2) is 0 Å². The number of nitrogens with one attached hydrogen (secondary N) is 1. The summed E-state index contributed by atoms with van der Waals surface area (Å²) in [6, 6.07) is 7.94. The van der Waals surface area contributed by atoms with Crippen molar-refractivity contribution in [3.63, 3.8) is 0 Å². The van der Waals surface area contributed by atoms with Gasteiger partial charge in [0.25, 0.3) is 0 Å². The number of rotatable bonds is 6. The largest absolute Gasteiger partial charge is 0.366 e. The lowest BCUT2D eigenvalue weighted by molar-refractivity contribution is -0.131. The van der Waals surface area contributed by atoms with Crippen LogP contribution in [0.2, 0.25) is 0 Å². The molecule has 0 radical (unpaired) electrons. The van der Waals surface area contributed by atoms with Crippen molar-refractivity contribution in [3.05, 3.63) is 24.3 Å². The smallest absolute Gasteiger partial charge is 0.224 e. The maximum atomic E-state index is 12.6. The van der Waals surface area contributed by atoms with Crippen LogP contribution in [0.25, 0.3) is 0 Å². The molecule has 2 fully saturated rings. The van der Waals surface area contributed by atoms with Crippen LogP contribution in [0.3, 0.4) is 0 Å². The van der Waals surface area contributed by atoms with E-state index in [-0.39, 0.29) is 5.91 Å². The van der Waals surface area contributed by atoms with Crippen LogP contribution in [0.5, 0.6) is 0 Å². The summed E-state index contributed by atoms with van der Waals surface area (Å²) in [6.45, 7) is 5.01. The van der Waals surface area contributed by atoms with E-state index in [2.05, 4.69) is 10.2 Å². The zero-order chi connectivity index (χ0) is 19.1. The highest BCUT2D eigenvalue weighted by atomic mass is 16.2. The van der Waals surface area contributed by atoms with Crippen LogP contribution in [0.4, 0.5) is 11.4 Å². The first-order chi connectivity index (χ1) is 13.2. The molecule has 3 rings (SSSR count). The van der Waals surface area contributed by atoms with Gasteiger partial charge in [-0.25, -0.2) is 0 Å². The standard InChI is InChI=1S/C22H33N3O2/c1-2-21(26)23-19-10-6-7-11-20(19)24-14-16-25(17-15-24)22(27)13-12-18-8-4-3-5-9-18/h6-7,10-11,18H,2-5,8-9,12-17H2,1H3,(H,23,26). The van der Waals surface area contributed by atoms with Gasteiger partial charge in [-0.05, 0) is 24.5 Å². The number of nitrogens with zero attached hydrogens (tertiary/aromatic N) is 2. The molecular formula is C22H33N3O2. The summed E-state index contributed by atoms with van der Waals surface area (Å²) in [5.74, 6) is 1.10. The van der Waals surface area contributed by atoms with Gasteiger partial charge in [0, 0.05) is 39.0 Å². The minimum atomic E-state index is 0.0268. The van der Waals surface area contributed by atoms with E-state index >= 15 is 0 Å². The second kappa shape index (κ2) is 9.77. The SMILES string of the molecule is CCC(=O)Nc1ccccc1N1CCN(C(=O)CCC2CCCCC2)CC1. The molecule has 1 aromatic rings. The Kier molecular flexibility index (Phi) is 7.13. The van der Waals surface area contributed by atoms with Crippen LogP contribution in [-0.4, -0.2) is 42.9 Å². The van der Waals surface area contributed by atoms with Crippen molar-refractivity contribution in [2.24, 2.45) is 5.92 Å². The second-order valence-electron chi connectivity index (χ2n) is 7.83. The van der Waals surface area contributed by atoms with Gasteiger partial charge in [-0.2, -0.15) is 0 Å². The number of para-hydroxylation sites is 2. The maximum absolute atomic E-state index is 12.6. The van der Waals surface area contributed by atoms with E-state index in [4.69, 9.17) is 0 Å². The van der Waals surface area contributed by atoms with E-state index in [9.17, 15) is 9.59 Å². The molecule has 0 atom stereocenters. The average Bonchev–Trinajstić information content (AvgIpc) is 2.73. The molecule has 0 spiro atoms. The third-order valence-electron chi connectivity index (χ3n) is 5.96. The topological polar surface area (TPSA) is 52.7 Å². The Morgan fingerprint density at radius 2 is 1.74 bits per heavy atom. The summed E-state index contributed by atoms with van der Waals surface area (Å²) in [5.41, 5.74) is 1.91. The van der Waals surface area contributed by atoms with Crippen molar-refractivity contribution in [1.29, 1.82) is 0 Å². The molecule has 148 valence electrons. The lowest BCUT2D eigenvalue weighted by Crippen LogP contribution is -2.49. The third-order valence-corrected chi connectivity index (χ3v) is 5.96. The van der Waals surface area contributed by atoms with E-state index in [1.165, 1.54) is 32.1 Å². The highest BCUT2D eigenvalue weighted by Crippen LogP contribution is 2.29. The third kappa shape index (κ3) is 5.47. The Labute approximate surface area is 163 Å². The van der Waals surface area contributed by atoms with Crippen molar-refractivity contribution in [2.45, 2.75) is 58.3 Å². The van der Waals surface area contributed by atoms with Crippen molar-refractivity contribution in [2.75, 3.05) is 36.4 Å². The molecule has 27 heavy (non-hydrogen) atoms. The predicted octanol–water partition coefficient (Wildman–Crippen LogP) is 4.04. The summed E-state index contributed by atoms with van der Waals surface area (Å²) in [5, 5.41) is 2.99. The fourth-order valence-electron chi connectivity index (χ4n) is 4.25. The summed E-state index contributed by atoms with van der Waals surface area (Å²) in [6.07, 6.45) is 8.89. The molecule has 2 amide bonds. The van der Waals surface area contributed by atoms with Crippen molar-refractivity contribution in [3.8, 4) is 0 Å². The summed E-state index contributed by atoms with van der Waals surface area (Å²) >= 11 is 0. The van der Waals surface area contributed by atoms with Crippen LogP contribution in [0, 0.1) is 5.92 Å². The Balaban J connectivity index is 1.50. The molecule has 1 saturated heterocycles. The van der Waals surface area contributed by atoms with Crippen LogP contribution >= 0.6 is 0 Å². The van der Waals surface area contributed by atoms with Crippen LogP contribution in [-0.2, 0) is 9.59 Å². The molecule has 0 unspecified atom stereocenters. The number of carbonyl (C=O) groups excluding carboxylic acids is 2. The van der Waals surface area contributed by atoms with E-state index < -0.39 is 0 Å². The second-order valence-corrected chi connectivity index (χ2v) is 7.83. The minimum absolute atomic E-state index is 0.0268. The molecule has 1 saturated carbocycles. The Morgan fingerprint density at radius 1 is 1.04 bits per heavy atom. The van der Waals surface area contributed by atoms with Crippen molar-refractivity contribution in [1.82, 2.24) is 4.90 Å². The van der Waals surface area contributed by atoms with Crippen molar-refractivity contribution < 1.29 is 9.59 Å². The highest BCUT2D eigenvalue weighted by molar-refractivity contribution is 5.94. The first-order valence-corrected chi connectivity index (χ1v) is 10.6. The minimum Gasteiger partial charge on any atom is -0.366 e. The van der Waals surface area contributed by atoms with Gasteiger partial charge < -0.3 is 15.1 Å². The summed E-state index contributed by atoms with van der Waals surface area (Å²) < 4.78 is 0. The predicted molar refractivity (Wildman–Crippen MR) is 110 cm³/mol. The fraction of sp³-hybridized carbons (Fsp3) is 0.636. The van der Waals surface area contributed by atoms with E-state index in [0.29, 0.717) is 18.7 Å². The van der Waals surface area contributed by atoms with Crippen molar-refractivity contribution >= 4 is 23.2 Å². The Bertz CT molecular complexity index is 632. The van der Waals surface area contributed by atoms with Gasteiger partial charge in [0.2, 0.25) is 11.8 Å². The monoisotopic (exact) mass is 371 g/mol. The Hall–Kier alpha value is -2.04. The van der Waals surface area contributed by atoms with Gasteiger partial charge in [-0.3, -0.25) is 9.59 Å². The summed E-state index contributed by atoms with van der Waals surface area (Å²) in [4.78, 5) is 28.7. The Morgan fingerprint density at radius 3 is 2.44 bits per heavy atom. The summed E-state index contributed by atoms with van der Waals surface area (Å²) in [7, 11) is 0. The number of carbonyl (C=O) groups is 2. The quantitative estimate of drug-likeness (QED) is 0.821. The molecule has 0 aromatic heterocycles. The molecule has 1 heterocycles. The van der Waals surface area contributed by atoms with Gasteiger partial charge in [-0.1, -0.05) is 51.2 Å². The molecular weight excluding hydrogens is 338 g/mol. The molecule has 2 aliphatic rings. The number of piperazine rings is 1. The van der Waals surface area contributed by atoms with E-state index in [1.807, 2.05) is 36.1 Å². The van der Waals surface area contributed by atoms with Gasteiger partial charge in [-0.15, -0.1) is 0 Å². The number of benzene rings is 1. The van der Waals surface area contributed by atoms with E-state index in [0.717, 1.165) is 49.9 Å². The van der Waals surface area contributed by atoms with E-state index in [1.54, 1.807) is 0 Å². The van der Waals surface area contributed by atoms with Gasteiger partial charge in [0.1, 0.15) is 0 Å². The highest BCUT2D eigenvalue weighted by Gasteiger charge is 2.23. The number of anilines is 2. The maximum Gasteiger partial charge on any atom is 0.224 e. The van der Waals surface area contributed by atoms with Crippen LogP contribution in [0.1, 0.15) is 58.3 Å². The first-order valence-electron chi connectivity index (χ1n) is 10.6. The number of hydrogen-bond acceptors (Lipinski definition) is 3. The first kappa shape index (κ1) is 19.7. The molecule has 0 bridgehead atoms. The normalized spacial score (nSPS) is 18.4. The van der Waals surface area contributed by atoms with Crippen LogP contribution in [0.15, 0.2) is 24.3 Å². The lowest BCUT2D eigenvalue weighted by Gasteiger charge is -2.37. The molecule has 1 aliphatic heterocycles. The number of amides is 2. The molecule has 1 aromatic carbocycles. The van der Waals surface area contributed by atoms with Gasteiger partial charge in [0.05, 0.1) is 11.4 Å². The zero-order valence-electron chi connectivity index (χ0n) is 16.6. The molecule has 5 heteroatoms. The lowest BCUT2D eigenvalue weighted by atomic mass is 9.86. The average molecular weight is 372 g/mol. The van der Waals surface area contributed by atoms with Crippen LogP contribution < -0.4 is 10.2 Å². The molecule has 5 nitrogen and oxygen atoms in total. The molecule has 1 aliphatic carbocycles. The zero-order valence-corrected chi connectivity index (χ0v) is 16.6. The molecule has 1 N–H and O–H groups in total. The van der Waals surface area contributed by atoms with Gasteiger partial charge >= 0.3 is 0 Å².